The Morgan fingerprint density at radius 1 is 0.533 bits per heavy atom. The Kier molecular flexibility index (Phi) is 7.68. The molecule has 7 rings (SSSR count). The van der Waals surface area contributed by atoms with Crippen LogP contribution in [-0.4, -0.2) is 28.4 Å². The van der Waals surface area contributed by atoms with E-state index in [-0.39, 0.29) is 18.9 Å². The van der Waals surface area contributed by atoms with Crippen molar-refractivity contribution in [1.29, 1.82) is 0 Å². The van der Waals surface area contributed by atoms with E-state index < -0.39 is 21.1 Å². The van der Waals surface area contributed by atoms with Gasteiger partial charge in [-0.1, -0.05) is 0 Å². The molecule has 9 heteroatoms. The summed E-state index contributed by atoms with van der Waals surface area (Å²) in [6.07, 6.45) is 6.00. The van der Waals surface area contributed by atoms with Crippen molar-refractivity contribution in [2.24, 2.45) is 0 Å². The Morgan fingerprint density at radius 2 is 0.889 bits per heavy atom. The van der Waals surface area contributed by atoms with Crippen LogP contribution in [-0.2, 0) is 21.1 Å². The predicted molar refractivity (Wildman–Crippen MR) is 164 cm³/mol. The first kappa shape index (κ1) is 29.6. The molecule has 1 fully saturated rings. The monoisotopic (exact) mass is 688 g/mol. The van der Waals surface area contributed by atoms with Crippen molar-refractivity contribution >= 4 is 12.2 Å². The van der Waals surface area contributed by atoms with Crippen LogP contribution in [0.4, 0.5) is 8.78 Å². The van der Waals surface area contributed by atoms with Gasteiger partial charge < -0.3 is 0 Å². The molecule has 0 N–H and O–H groups in total. The average Bonchev–Trinajstić information content (AvgIpc) is 3.58. The number of ether oxygens (including phenoxy) is 4. The summed E-state index contributed by atoms with van der Waals surface area (Å²) >= 11 is -4.87. The summed E-state index contributed by atoms with van der Waals surface area (Å²) in [5.41, 5.74) is 6.46. The summed E-state index contributed by atoms with van der Waals surface area (Å²) in [6.45, 7) is 0. The Labute approximate surface area is 266 Å². The van der Waals surface area contributed by atoms with E-state index in [1.807, 2.05) is 24.3 Å². The molecule has 2 unspecified atom stereocenters. The number of benzene rings is 4. The van der Waals surface area contributed by atoms with Crippen LogP contribution in [0.25, 0.3) is 12.2 Å². The molecule has 0 radical (unpaired) electrons. The van der Waals surface area contributed by atoms with Crippen LogP contribution >= 0.6 is 0 Å². The fourth-order valence-corrected chi connectivity index (χ4v) is 18.6. The quantitative estimate of drug-likeness (QED) is 0.185. The van der Waals surface area contributed by atoms with Crippen LogP contribution in [0.5, 0.6) is 34.5 Å². The zero-order chi connectivity index (χ0) is 31.3. The van der Waals surface area contributed by atoms with Gasteiger partial charge in [0.05, 0.1) is 0 Å². The van der Waals surface area contributed by atoms with E-state index in [1.54, 1.807) is 52.7 Å². The summed E-state index contributed by atoms with van der Waals surface area (Å²) in [5, 5.41) is 0. The molecule has 0 amide bonds. The molecule has 6 nitrogen and oxygen atoms in total. The van der Waals surface area contributed by atoms with E-state index in [0.717, 1.165) is 35.1 Å². The van der Waals surface area contributed by atoms with Crippen molar-refractivity contribution in [2.45, 2.75) is 20.1 Å². The van der Waals surface area contributed by atoms with Crippen molar-refractivity contribution < 1.29 is 54.5 Å². The summed E-state index contributed by atoms with van der Waals surface area (Å²) in [6, 6.07) is 20.2. The van der Waals surface area contributed by atoms with Crippen molar-refractivity contribution in [3.05, 3.63) is 118 Å². The normalized spacial score (nSPS) is 18.7. The molecule has 0 aromatic heterocycles. The number of halogens is 2. The van der Waals surface area contributed by atoms with E-state index in [1.165, 1.54) is 35.4 Å². The van der Waals surface area contributed by atoms with E-state index >= 15 is 0 Å². The third-order valence-corrected chi connectivity index (χ3v) is 18.9. The number of rotatable bonds is 8. The van der Waals surface area contributed by atoms with Crippen molar-refractivity contribution in [3.8, 4) is 34.5 Å². The molecule has 1 saturated heterocycles. The molecular formula is C36H32F2O6Zr. The van der Waals surface area contributed by atoms with Crippen LogP contribution in [0, 0.1) is 11.6 Å². The van der Waals surface area contributed by atoms with Crippen molar-refractivity contribution in [1.82, 2.24) is 0 Å². The summed E-state index contributed by atoms with van der Waals surface area (Å²) < 4.78 is 65.4. The van der Waals surface area contributed by atoms with Gasteiger partial charge in [0.1, 0.15) is 0 Å². The first-order valence-electron chi connectivity index (χ1n) is 14.7. The van der Waals surface area contributed by atoms with Gasteiger partial charge >= 0.3 is 268 Å². The van der Waals surface area contributed by atoms with E-state index in [4.69, 9.17) is 24.6 Å². The van der Waals surface area contributed by atoms with Gasteiger partial charge in [-0.05, 0) is 0 Å². The number of allylic oxidation sites excluding steroid dienone is 2. The topological polar surface area (TPSA) is 55.4 Å². The first-order valence-corrected chi connectivity index (χ1v) is 19.5. The number of fused-ring (bicyclic) bond motifs is 6. The molecule has 4 aromatic carbocycles. The van der Waals surface area contributed by atoms with Gasteiger partial charge in [0, 0.05) is 0 Å². The molecule has 0 saturated carbocycles. The minimum absolute atomic E-state index is 0.237. The van der Waals surface area contributed by atoms with Gasteiger partial charge in [-0.2, -0.15) is 0 Å². The standard InChI is InChI=1S/C24H24O4.2C6H5FO.Zr/c1-25-21-11-17-7-15(8-18(17)12-22(21)26-2)5-6-16-9-19-13-23(27-3)24(28-4)14-20(19)10-16;2*7-5-1-3-6(8)4-2-5;/h7-14H,5-6H2,1-4H3;2*1-4,8H;/q;;;+2/p-2. The Bertz CT molecular complexity index is 1700. The minimum atomic E-state index is -4.87. The molecular weight excluding hydrogens is 658 g/mol. The molecule has 230 valence electrons. The molecule has 1 heterocycles. The van der Waals surface area contributed by atoms with E-state index in [0.29, 0.717) is 34.5 Å². The van der Waals surface area contributed by atoms with Gasteiger partial charge in [0.15, 0.2) is 0 Å². The Morgan fingerprint density at radius 3 is 1.24 bits per heavy atom. The maximum absolute atomic E-state index is 14.2. The van der Waals surface area contributed by atoms with Gasteiger partial charge in [-0.15, -0.1) is 0 Å². The molecule has 1 aliphatic heterocycles. The van der Waals surface area contributed by atoms with Crippen molar-refractivity contribution in [3.63, 3.8) is 0 Å². The average molecular weight is 690 g/mol. The maximum atomic E-state index is 14.2. The van der Waals surface area contributed by atoms with Gasteiger partial charge in [0.2, 0.25) is 0 Å². The van der Waals surface area contributed by atoms with Crippen LogP contribution in [0.1, 0.15) is 42.3 Å². The van der Waals surface area contributed by atoms with Gasteiger partial charge in [-0.25, -0.2) is 0 Å². The third kappa shape index (κ3) is 5.02. The number of hydrogen-bond donors (Lipinski definition) is 0. The molecule has 3 aliphatic rings. The third-order valence-electron chi connectivity index (χ3n) is 8.91. The summed E-state index contributed by atoms with van der Waals surface area (Å²) in [7, 11) is 6.48. The molecule has 2 atom stereocenters. The Balaban J connectivity index is 1.53. The Hall–Kier alpha value is -4.10. The first-order chi connectivity index (χ1) is 21.9. The van der Waals surface area contributed by atoms with E-state index in [2.05, 4.69) is 12.2 Å². The van der Waals surface area contributed by atoms with Crippen molar-refractivity contribution in [2.75, 3.05) is 28.4 Å². The van der Waals surface area contributed by atoms with Crippen LogP contribution in [0.3, 0.4) is 0 Å². The van der Waals surface area contributed by atoms with Crippen LogP contribution < -0.4 is 24.6 Å². The second-order valence-electron chi connectivity index (χ2n) is 11.3. The SMILES string of the molecule is COc1cc2c(cc1OC)[CH]1C(=C2)CCC2=Cc3cc(OC)c(OC)cc3[CH]2[Zr]1([O]c1ccc(F)cc1)[O]c1ccc(F)cc1. The van der Waals surface area contributed by atoms with Gasteiger partial charge in [-0.3, -0.25) is 0 Å². The summed E-state index contributed by atoms with van der Waals surface area (Å²) in [5.74, 6) is 2.77. The fraction of sp³-hybridized carbons (Fsp3) is 0.222. The fourth-order valence-electron chi connectivity index (χ4n) is 7.01. The van der Waals surface area contributed by atoms with Gasteiger partial charge in [0.25, 0.3) is 0 Å². The molecule has 4 aromatic rings. The second-order valence-corrected chi connectivity index (χ2v) is 18.7. The predicted octanol–water partition coefficient (Wildman–Crippen LogP) is 8.51. The molecule has 45 heavy (non-hydrogen) atoms. The molecule has 0 bridgehead atoms. The van der Waals surface area contributed by atoms with E-state index in [9.17, 15) is 8.78 Å². The number of hydrogen-bond acceptors (Lipinski definition) is 6. The number of methoxy groups -OCH3 is 4. The summed E-state index contributed by atoms with van der Waals surface area (Å²) in [4.78, 5) is 0. The molecule has 0 spiro atoms. The zero-order valence-electron chi connectivity index (χ0n) is 25.4. The zero-order valence-corrected chi connectivity index (χ0v) is 27.8. The van der Waals surface area contributed by atoms with Crippen LogP contribution in [0.2, 0.25) is 0 Å². The van der Waals surface area contributed by atoms with Crippen LogP contribution in [0.15, 0.2) is 83.9 Å². The molecule has 2 aliphatic carbocycles. The second kappa shape index (κ2) is 11.7.